The van der Waals surface area contributed by atoms with Gasteiger partial charge in [-0.05, 0) is 24.1 Å². The third kappa shape index (κ3) is 1.89. The quantitative estimate of drug-likeness (QED) is 0.597. The molecule has 1 aromatic rings. The lowest BCUT2D eigenvalue weighted by Gasteiger charge is -2.05. The van der Waals surface area contributed by atoms with E-state index in [2.05, 4.69) is 4.74 Å². The molecule has 17 heavy (non-hydrogen) atoms. The topological polar surface area (TPSA) is 52.6 Å². The molecule has 1 unspecified atom stereocenters. The fraction of sp³-hybridized carbons (Fsp3) is 0.333. The molecule has 0 aromatic heterocycles. The predicted octanol–water partition coefficient (Wildman–Crippen LogP) is 1.88. The van der Waals surface area contributed by atoms with E-state index in [9.17, 15) is 9.59 Å². The monoisotopic (exact) mass is 254 g/mol. The summed E-state index contributed by atoms with van der Waals surface area (Å²) >= 11 is 5.96. The van der Waals surface area contributed by atoms with Crippen molar-refractivity contribution in [1.82, 2.24) is 0 Å². The number of Topliss-reactive ketones (excluding diaryl/α,β-unsaturated/α-hetero) is 1. The second kappa shape index (κ2) is 4.37. The van der Waals surface area contributed by atoms with E-state index in [0.717, 1.165) is 5.56 Å². The molecule has 0 heterocycles. The average Bonchev–Trinajstić information content (AvgIpc) is 2.64. The molecule has 4 nitrogen and oxygen atoms in total. The highest BCUT2D eigenvalue weighted by Crippen LogP contribution is 2.35. The van der Waals surface area contributed by atoms with E-state index >= 15 is 0 Å². The molecule has 0 amide bonds. The average molecular weight is 255 g/mol. The maximum absolute atomic E-state index is 12.0. The number of carbonyl (C=O) groups is 2. The van der Waals surface area contributed by atoms with Crippen molar-refractivity contribution >= 4 is 23.4 Å². The van der Waals surface area contributed by atoms with Gasteiger partial charge in [-0.25, -0.2) is 0 Å². The lowest BCUT2D eigenvalue weighted by Crippen LogP contribution is -2.21. The maximum atomic E-state index is 12.0. The fourth-order valence-electron chi connectivity index (χ4n) is 1.98. The molecule has 0 bridgehead atoms. The molecule has 2 rings (SSSR count). The molecule has 1 aromatic carbocycles. The van der Waals surface area contributed by atoms with Crippen LogP contribution in [0, 0.1) is 5.92 Å². The Morgan fingerprint density at radius 2 is 2.12 bits per heavy atom. The third-order valence-electron chi connectivity index (χ3n) is 2.87. The van der Waals surface area contributed by atoms with Crippen LogP contribution in [0.3, 0.4) is 0 Å². The van der Waals surface area contributed by atoms with Gasteiger partial charge in [0, 0.05) is 5.56 Å². The van der Waals surface area contributed by atoms with Crippen LogP contribution >= 0.6 is 11.6 Å². The first-order valence-corrected chi connectivity index (χ1v) is 5.44. The molecule has 0 aliphatic heterocycles. The van der Waals surface area contributed by atoms with Crippen LogP contribution in [0.2, 0.25) is 5.02 Å². The van der Waals surface area contributed by atoms with Crippen molar-refractivity contribution in [2.45, 2.75) is 6.42 Å². The Kier molecular flexibility index (Phi) is 3.07. The number of carbonyl (C=O) groups excluding carboxylic acids is 2. The van der Waals surface area contributed by atoms with Gasteiger partial charge in [0.1, 0.15) is 11.7 Å². The Balaban J connectivity index is 2.42. The molecule has 1 aliphatic rings. The summed E-state index contributed by atoms with van der Waals surface area (Å²) in [4.78, 5) is 23.4. The van der Waals surface area contributed by atoms with E-state index in [4.69, 9.17) is 16.3 Å². The minimum atomic E-state index is -0.752. The van der Waals surface area contributed by atoms with Gasteiger partial charge in [0.25, 0.3) is 0 Å². The van der Waals surface area contributed by atoms with Crippen molar-refractivity contribution < 1.29 is 19.1 Å². The first-order valence-electron chi connectivity index (χ1n) is 5.07. The number of benzene rings is 1. The number of hydrogen-bond donors (Lipinski definition) is 0. The van der Waals surface area contributed by atoms with Crippen molar-refractivity contribution in [3.8, 4) is 5.75 Å². The fourth-order valence-corrected chi connectivity index (χ4v) is 2.25. The molecule has 0 spiro atoms. The van der Waals surface area contributed by atoms with Gasteiger partial charge in [-0.3, -0.25) is 9.59 Å². The minimum absolute atomic E-state index is 0.234. The predicted molar refractivity (Wildman–Crippen MR) is 61.5 cm³/mol. The molecule has 90 valence electrons. The summed E-state index contributed by atoms with van der Waals surface area (Å²) in [6, 6.07) is 3.24. The highest BCUT2D eigenvalue weighted by atomic mass is 35.5. The molecule has 1 aliphatic carbocycles. The normalized spacial score (nSPS) is 17.8. The van der Waals surface area contributed by atoms with Crippen LogP contribution in [0.25, 0.3) is 0 Å². The van der Waals surface area contributed by atoms with Gasteiger partial charge in [0.15, 0.2) is 5.78 Å². The van der Waals surface area contributed by atoms with E-state index in [0.29, 0.717) is 22.8 Å². The van der Waals surface area contributed by atoms with Gasteiger partial charge in [-0.15, -0.1) is 0 Å². The number of rotatable bonds is 2. The number of methoxy groups -OCH3 is 2. The summed E-state index contributed by atoms with van der Waals surface area (Å²) in [7, 11) is 2.75. The standard InChI is InChI=1S/C12H11ClO4/c1-16-10-5-7-6(4-9(10)13)3-8(11(7)14)12(15)17-2/h4-5,8H,3H2,1-2H3. The molecule has 0 fully saturated rings. The van der Waals surface area contributed by atoms with Gasteiger partial charge in [-0.1, -0.05) is 11.6 Å². The lowest BCUT2D eigenvalue weighted by molar-refractivity contribution is -0.143. The number of fused-ring (bicyclic) bond motifs is 1. The van der Waals surface area contributed by atoms with E-state index in [1.807, 2.05) is 0 Å². The summed E-state index contributed by atoms with van der Waals surface area (Å²) in [5.41, 5.74) is 1.25. The molecular weight excluding hydrogens is 244 g/mol. The molecule has 0 saturated heterocycles. The van der Waals surface area contributed by atoms with Crippen LogP contribution in [0.4, 0.5) is 0 Å². The Bertz CT molecular complexity index is 496. The molecule has 1 atom stereocenters. The van der Waals surface area contributed by atoms with Crippen molar-refractivity contribution in [2.75, 3.05) is 14.2 Å². The Morgan fingerprint density at radius 3 is 2.71 bits per heavy atom. The van der Waals surface area contributed by atoms with Gasteiger partial charge >= 0.3 is 5.97 Å². The zero-order valence-corrected chi connectivity index (χ0v) is 10.2. The number of hydrogen-bond acceptors (Lipinski definition) is 4. The largest absolute Gasteiger partial charge is 0.495 e. The van der Waals surface area contributed by atoms with E-state index in [-0.39, 0.29) is 5.78 Å². The van der Waals surface area contributed by atoms with Gasteiger partial charge in [0.2, 0.25) is 0 Å². The Labute approximate surface area is 103 Å². The maximum Gasteiger partial charge on any atom is 0.316 e. The van der Waals surface area contributed by atoms with Crippen LogP contribution in [0.15, 0.2) is 12.1 Å². The van der Waals surface area contributed by atoms with Crippen molar-refractivity contribution in [2.24, 2.45) is 5.92 Å². The zero-order chi connectivity index (χ0) is 12.6. The van der Waals surface area contributed by atoms with E-state index in [1.54, 1.807) is 12.1 Å². The molecule has 5 heteroatoms. The summed E-state index contributed by atoms with van der Waals surface area (Å²) in [6.45, 7) is 0. The number of ketones is 1. The minimum Gasteiger partial charge on any atom is -0.495 e. The SMILES string of the molecule is COC(=O)C1Cc2cc(Cl)c(OC)cc2C1=O. The highest BCUT2D eigenvalue weighted by molar-refractivity contribution is 6.32. The zero-order valence-electron chi connectivity index (χ0n) is 9.45. The third-order valence-corrected chi connectivity index (χ3v) is 3.16. The molecular formula is C12H11ClO4. The lowest BCUT2D eigenvalue weighted by atomic mass is 10.1. The number of ether oxygens (including phenoxy) is 2. The van der Waals surface area contributed by atoms with Crippen molar-refractivity contribution in [1.29, 1.82) is 0 Å². The smallest absolute Gasteiger partial charge is 0.316 e. The van der Waals surface area contributed by atoms with E-state index < -0.39 is 11.9 Å². The van der Waals surface area contributed by atoms with Crippen LogP contribution < -0.4 is 4.74 Å². The highest BCUT2D eigenvalue weighted by Gasteiger charge is 2.37. The van der Waals surface area contributed by atoms with Gasteiger partial charge in [0.05, 0.1) is 19.2 Å². The number of halogens is 1. The summed E-state index contributed by atoms with van der Waals surface area (Å²) < 4.78 is 9.64. The van der Waals surface area contributed by atoms with Gasteiger partial charge < -0.3 is 9.47 Å². The first-order chi connectivity index (χ1) is 8.08. The Morgan fingerprint density at radius 1 is 1.41 bits per heavy atom. The molecule has 0 N–H and O–H groups in total. The van der Waals surface area contributed by atoms with Crippen LogP contribution in [-0.2, 0) is 16.0 Å². The Hall–Kier alpha value is -1.55. The first kappa shape index (κ1) is 11.9. The van der Waals surface area contributed by atoms with Crippen LogP contribution in [-0.4, -0.2) is 26.0 Å². The van der Waals surface area contributed by atoms with Crippen LogP contribution in [0.1, 0.15) is 15.9 Å². The second-order valence-electron chi connectivity index (χ2n) is 3.79. The van der Waals surface area contributed by atoms with E-state index in [1.165, 1.54) is 14.2 Å². The summed E-state index contributed by atoms with van der Waals surface area (Å²) in [5, 5.41) is 0.435. The second-order valence-corrected chi connectivity index (χ2v) is 4.20. The van der Waals surface area contributed by atoms with Gasteiger partial charge in [-0.2, -0.15) is 0 Å². The molecule has 0 radical (unpaired) electrons. The van der Waals surface area contributed by atoms with Crippen molar-refractivity contribution in [3.63, 3.8) is 0 Å². The summed E-state index contributed by atoms with van der Waals surface area (Å²) in [5.74, 6) is -1.06. The molecule has 0 saturated carbocycles. The van der Waals surface area contributed by atoms with Crippen LogP contribution in [0.5, 0.6) is 5.75 Å². The number of esters is 1. The van der Waals surface area contributed by atoms with Crippen molar-refractivity contribution in [3.05, 3.63) is 28.3 Å². The summed E-state index contributed by atoms with van der Waals surface area (Å²) in [6.07, 6.45) is 0.338.